The van der Waals surface area contributed by atoms with Crippen LogP contribution in [0.5, 0.6) is 0 Å². The summed E-state index contributed by atoms with van der Waals surface area (Å²) in [5.41, 5.74) is 1.21. The number of pyridine rings is 1. The van der Waals surface area contributed by atoms with E-state index in [-0.39, 0.29) is 0 Å². The van der Waals surface area contributed by atoms with Crippen LogP contribution in [-0.2, 0) is 0 Å². The Morgan fingerprint density at radius 3 is 2.71 bits per heavy atom. The fraction of sp³-hybridized carbons (Fsp3) is 0.643. The van der Waals surface area contributed by atoms with Crippen molar-refractivity contribution in [2.24, 2.45) is 5.92 Å². The number of anilines is 1. The molecule has 1 aliphatic rings. The lowest BCUT2D eigenvalue weighted by molar-refractivity contribution is 0.198. The number of likely N-dealkylation sites (tertiary alicyclic amines) is 1. The van der Waals surface area contributed by atoms with E-state index in [0.717, 1.165) is 18.3 Å². The smallest absolute Gasteiger partial charge is 0.125 e. The standard InChI is InChI=1S/C14H23N3/c1-3-17-8-6-13(7-9-17)11-16-14-5-4-12(2)10-15-14/h4-5,10,13H,3,6-9,11H2,1-2H3,(H,15,16). The molecule has 0 atom stereocenters. The summed E-state index contributed by atoms with van der Waals surface area (Å²) < 4.78 is 0. The number of aromatic nitrogens is 1. The van der Waals surface area contributed by atoms with Crippen LogP contribution in [0.25, 0.3) is 0 Å². The summed E-state index contributed by atoms with van der Waals surface area (Å²) in [5, 5.41) is 3.44. The minimum Gasteiger partial charge on any atom is -0.370 e. The van der Waals surface area contributed by atoms with Gasteiger partial charge in [-0.3, -0.25) is 0 Å². The van der Waals surface area contributed by atoms with Crippen molar-refractivity contribution >= 4 is 5.82 Å². The highest BCUT2D eigenvalue weighted by Gasteiger charge is 2.17. The molecule has 2 heterocycles. The van der Waals surface area contributed by atoms with Gasteiger partial charge in [-0.15, -0.1) is 0 Å². The fourth-order valence-electron chi connectivity index (χ4n) is 2.33. The molecule has 0 spiro atoms. The summed E-state index contributed by atoms with van der Waals surface area (Å²) in [6, 6.07) is 4.17. The van der Waals surface area contributed by atoms with Crippen molar-refractivity contribution in [3.63, 3.8) is 0 Å². The Kier molecular flexibility index (Phi) is 4.37. The maximum atomic E-state index is 4.37. The van der Waals surface area contributed by atoms with Gasteiger partial charge in [-0.2, -0.15) is 0 Å². The highest BCUT2D eigenvalue weighted by Crippen LogP contribution is 2.17. The largest absolute Gasteiger partial charge is 0.370 e. The Morgan fingerprint density at radius 2 is 2.12 bits per heavy atom. The summed E-state index contributed by atoms with van der Waals surface area (Å²) in [7, 11) is 0. The molecule has 0 bridgehead atoms. The Labute approximate surface area is 104 Å². The molecule has 2 rings (SSSR count). The van der Waals surface area contributed by atoms with Crippen LogP contribution in [0, 0.1) is 12.8 Å². The number of hydrogen-bond donors (Lipinski definition) is 1. The summed E-state index contributed by atoms with van der Waals surface area (Å²) >= 11 is 0. The molecule has 1 aliphatic heterocycles. The van der Waals surface area contributed by atoms with Crippen LogP contribution >= 0.6 is 0 Å². The van der Waals surface area contributed by atoms with Gasteiger partial charge in [0.1, 0.15) is 5.82 Å². The van der Waals surface area contributed by atoms with E-state index in [9.17, 15) is 0 Å². The second kappa shape index (κ2) is 6.01. The third kappa shape index (κ3) is 3.70. The molecule has 0 amide bonds. The molecule has 1 N–H and O–H groups in total. The van der Waals surface area contributed by atoms with Gasteiger partial charge in [0.25, 0.3) is 0 Å². The maximum absolute atomic E-state index is 4.37. The van der Waals surface area contributed by atoms with E-state index in [1.54, 1.807) is 0 Å². The van der Waals surface area contributed by atoms with Gasteiger partial charge in [0.2, 0.25) is 0 Å². The van der Waals surface area contributed by atoms with Gasteiger partial charge in [0, 0.05) is 12.7 Å². The molecule has 1 fully saturated rings. The summed E-state index contributed by atoms with van der Waals surface area (Å²) in [6.07, 6.45) is 4.54. The quantitative estimate of drug-likeness (QED) is 0.866. The van der Waals surface area contributed by atoms with Crippen LogP contribution in [0.15, 0.2) is 18.3 Å². The fourth-order valence-corrected chi connectivity index (χ4v) is 2.33. The Balaban J connectivity index is 1.74. The normalized spacial score (nSPS) is 18.2. The topological polar surface area (TPSA) is 28.2 Å². The zero-order valence-electron chi connectivity index (χ0n) is 10.9. The average molecular weight is 233 g/mol. The average Bonchev–Trinajstić information content (AvgIpc) is 2.39. The first-order valence-electron chi connectivity index (χ1n) is 6.67. The Morgan fingerprint density at radius 1 is 1.35 bits per heavy atom. The predicted molar refractivity (Wildman–Crippen MR) is 72.3 cm³/mol. The minimum atomic E-state index is 0.806. The molecule has 0 aliphatic carbocycles. The number of aryl methyl sites for hydroxylation is 1. The maximum Gasteiger partial charge on any atom is 0.125 e. The van der Waals surface area contributed by atoms with Crippen molar-refractivity contribution in [2.45, 2.75) is 26.7 Å². The lowest BCUT2D eigenvalue weighted by atomic mass is 9.97. The lowest BCUT2D eigenvalue weighted by Gasteiger charge is -2.31. The molecule has 0 unspecified atom stereocenters. The molecule has 0 saturated carbocycles. The summed E-state index contributed by atoms with van der Waals surface area (Å²) in [6.45, 7) is 9.08. The van der Waals surface area contributed by atoms with Gasteiger partial charge in [-0.1, -0.05) is 13.0 Å². The number of piperidine rings is 1. The van der Waals surface area contributed by atoms with Gasteiger partial charge in [0.15, 0.2) is 0 Å². The molecular formula is C14H23N3. The highest BCUT2D eigenvalue weighted by molar-refractivity contribution is 5.35. The number of rotatable bonds is 4. The molecular weight excluding hydrogens is 210 g/mol. The van der Waals surface area contributed by atoms with E-state index in [1.165, 1.54) is 38.0 Å². The Bertz CT molecular complexity index is 326. The van der Waals surface area contributed by atoms with Gasteiger partial charge in [-0.05, 0) is 56.9 Å². The minimum absolute atomic E-state index is 0.806. The van der Waals surface area contributed by atoms with Gasteiger partial charge >= 0.3 is 0 Å². The van der Waals surface area contributed by atoms with E-state index in [4.69, 9.17) is 0 Å². The zero-order valence-corrected chi connectivity index (χ0v) is 10.9. The van der Waals surface area contributed by atoms with Crippen molar-refractivity contribution in [1.82, 2.24) is 9.88 Å². The van der Waals surface area contributed by atoms with Crippen LogP contribution in [0.3, 0.4) is 0 Å². The molecule has 1 saturated heterocycles. The third-order valence-electron chi connectivity index (χ3n) is 3.64. The summed E-state index contributed by atoms with van der Waals surface area (Å²) in [5.74, 6) is 1.81. The number of hydrogen-bond acceptors (Lipinski definition) is 3. The van der Waals surface area contributed by atoms with Crippen molar-refractivity contribution in [3.8, 4) is 0 Å². The molecule has 17 heavy (non-hydrogen) atoms. The first kappa shape index (κ1) is 12.4. The van der Waals surface area contributed by atoms with Crippen molar-refractivity contribution < 1.29 is 0 Å². The second-order valence-corrected chi connectivity index (χ2v) is 4.98. The van der Waals surface area contributed by atoms with E-state index in [2.05, 4.69) is 41.2 Å². The SMILES string of the molecule is CCN1CCC(CNc2ccc(C)cn2)CC1. The van der Waals surface area contributed by atoms with Crippen molar-refractivity contribution in [1.29, 1.82) is 0 Å². The lowest BCUT2D eigenvalue weighted by Crippen LogP contribution is -2.35. The van der Waals surface area contributed by atoms with E-state index in [0.29, 0.717) is 0 Å². The number of nitrogens with one attached hydrogen (secondary N) is 1. The zero-order chi connectivity index (χ0) is 12.1. The second-order valence-electron chi connectivity index (χ2n) is 4.98. The summed E-state index contributed by atoms with van der Waals surface area (Å²) in [4.78, 5) is 6.90. The molecule has 0 radical (unpaired) electrons. The Hall–Kier alpha value is -1.09. The number of nitrogens with zero attached hydrogens (tertiary/aromatic N) is 2. The predicted octanol–water partition coefficient (Wildman–Crippen LogP) is 2.53. The van der Waals surface area contributed by atoms with Gasteiger partial charge in [0.05, 0.1) is 0 Å². The molecule has 3 heteroatoms. The molecule has 1 aromatic rings. The third-order valence-corrected chi connectivity index (χ3v) is 3.64. The highest BCUT2D eigenvalue weighted by atomic mass is 15.1. The van der Waals surface area contributed by atoms with E-state index < -0.39 is 0 Å². The van der Waals surface area contributed by atoms with Crippen LogP contribution in [0.2, 0.25) is 0 Å². The molecule has 3 nitrogen and oxygen atoms in total. The monoisotopic (exact) mass is 233 g/mol. The van der Waals surface area contributed by atoms with Gasteiger partial charge in [-0.25, -0.2) is 4.98 Å². The molecule has 1 aromatic heterocycles. The van der Waals surface area contributed by atoms with Crippen molar-refractivity contribution in [2.75, 3.05) is 31.5 Å². The van der Waals surface area contributed by atoms with Crippen LogP contribution in [0.1, 0.15) is 25.3 Å². The van der Waals surface area contributed by atoms with E-state index in [1.807, 2.05) is 6.20 Å². The first-order valence-corrected chi connectivity index (χ1v) is 6.67. The van der Waals surface area contributed by atoms with Crippen LogP contribution in [-0.4, -0.2) is 36.1 Å². The van der Waals surface area contributed by atoms with Crippen LogP contribution < -0.4 is 5.32 Å². The van der Waals surface area contributed by atoms with Gasteiger partial charge < -0.3 is 10.2 Å². The van der Waals surface area contributed by atoms with E-state index >= 15 is 0 Å². The molecule has 0 aromatic carbocycles. The molecule has 94 valence electrons. The van der Waals surface area contributed by atoms with Crippen molar-refractivity contribution in [3.05, 3.63) is 23.9 Å². The first-order chi connectivity index (χ1) is 8.28. The van der Waals surface area contributed by atoms with Crippen LogP contribution in [0.4, 0.5) is 5.82 Å².